The number of ether oxygens (including phenoxy) is 1. The molecular formula is C79H148N2O7P+. The van der Waals surface area contributed by atoms with Crippen molar-refractivity contribution in [2.75, 3.05) is 40.9 Å². The van der Waals surface area contributed by atoms with E-state index >= 15 is 0 Å². The van der Waals surface area contributed by atoms with E-state index in [0.717, 1.165) is 83.5 Å². The molecule has 520 valence electrons. The largest absolute Gasteiger partial charge is 0.472 e. The Labute approximate surface area is 553 Å². The summed E-state index contributed by atoms with van der Waals surface area (Å²) < 4.78 is 30.9. The minimum Gasteiger partial charge on any atom is -0.456 e. The van der Waals surface area contributed by atoms with Crippen molar-refractivity contribution in [2.24, 2.45) is 0 Å². The van der Waals surface area contributed by atoms with Gasteiger partial charge in [0.1, 0.15) is 19.3 Å². The molecule has 1 amide bonds. The summed E-state index contributed by atoms with van der Waals surface area (Å²) in [7, 11) is 1.50. The molecule has 0 aromatic heterocycles. The maximum absolute atomic E-state index is 13.7. The summed E-state index contributed by atoms with van der Waals surface area (Å²) in [6.45, 7) is 7.03. The van der Waals surface area contributed by atoms with E-state index in [1.165, 1.54) is 250 Å². The first-order valence-electron chi connectivity index (χ1n) is 38.3. The Morgan fingerprint density at radius 2 is 0.685 bits per heavy atom. The number of nitrogens with zero attached hydrogens (tertiary/aromatic N) is 1. The quantitative estimate of drug-likeness (QED) is 0.0205. The molecule has 0 saturated heterocycles. The van der Waals surface area contributed by atoms with Crippen LogP contribution in [0.25, 0.3) is 0 Å². The Hall–Kier alpha value is -2.55. The van der Waals surface area contributed by atoms with E-state index < -0.39 is 20.0 Å². The summed E-state index contributed by atoms with van der Waals surface area (Å²) >= 11 is 0. The van der Waals surface area contributed by atoms with Gasteiger partial charge in [0.15, 0.2) is 0 Å². The fourth-order valence-corrected chi connectivity index (χ4v) is 12.0. The second-order valence-electron chi connectivity index (χ2n) is 27.2. The molecule has 0 heterocycles. The molecule has 0 bridgehead atoms. The first kappa shape index (κ1) is 86.5. The van der Waals surface area contributed by atoms with E-state index in [0.29, 0.717) is 17.4 Å². The average Bonchev–Trinajstić information content (AvgIpc) is 3.54. The summed E-state index contributed by atoms with van der Waals surface area (Å²) in [4.78, 5) is 38.0. The summed E-state index contributed by atoms with van der Waals surface area (Å²) in [5.74, 6) is -0.498. The van der Waals surface area contributed by atoms with Crippen molar-refractivity contribution in [2.45, 2.75) is 380 Å². The van der Waals surface area contributed by atoms with Crippen molar-refractivity contribution >= 4 is 19.7 Å². The molecule has 0 spiro atoms. The zero-order valence-electron chi connectivity index (χ0n) is 59.7. The number of esters is 1. The molecule has 89 heavy (non-hydrogen) atoms. The van der Waals surface area contributed by atoms with Gasteiger partial charge in [-0.1, -0.05) is 325 Å². The van der Waals surface area contributed by atoms with Crippen LogP contribution < -0.4 is 5.32 Å². The summed E-state index contributed by atoms with van der Waals surface area (Å²) in [5, 5.41) is 3.08. The molecule has 0 rings (SSSR count). The lowest BCUT2D eigenvalue weighted by Gasteiger charge is -2.27. The number of phosphoric ester groups is 1. The van der Waals surface area contributed by atoms with Gasteiger partial charge < -0.3 is 19.4 Å². The zero-order valence-corrected chi connectivity index (χ0v) is 60.6. The SMILES string of the molecule is CCCCC/C=C\C/C=C\C/C=C\C/C=C\CCCCCCCCCCCC(=O)OC(/C=C/CCCCCCCCCCCCC)C(COP(=O)(O)OCC[N+](C)(C)C)NC(=O)CCCCCCCCCCCCCCCCC/C=C/CCCCCCCC. The molecule has 0 aromatic carbocycles. The van der Waals surface area contributed by atoms with Crippen LogP contribution in [0, 0.1) is 0 Å². The van der Waals surface area contributed by atoms with E-state index in [1.807, 2.05) is 33.3 Å². The maximum atomic E-state index is 13.7. The van der Waals surface area contributed by atoms with E-state index in [-0.39, 0.29) is 31.5 Å². The smallest absolute Gasteiger partial charge is 0.456 e. The number of hydrogen-bond acceptors (Lipinski definition) is 6. The molecule has 3 unspecified atom stereocenters. The topological polar surface area (TPSA) is 111 Å². The number of quaternary nitrogens is 1. The Morgan fingerprint density at radius 3 is 1.06 bits per heavy atom. The van der Waals surface area contributed by atoms with E-state index in [2.05, 4.69) is 86.8 Å². The Bertz CT molecular complexity index is 1750. The van der Waals surface area contributed by atoms with Crippen LogP contribution in [0.4, 0.5) is 0 Å². The molecule has 0 aliphatic rings. The number of carbonyl (C=O) groups excluding carboxylic acids is 2. The monoisotopic (exact) mass is 1270 g/mol. The van der Waals surface area contributed by atoms with Crippen molar-refractivity contribution in [1.29, 1.82) is 0 Å². The van der Waals surface area contributed by atoms with Gasteiger partial charge in [0, 0.05) is 12.8 Å². The fraction of sp³-hybridized carbons (Fsp3) is 0.823. The summed E-state index contributed by atoms with van der Waals surface area (Å²) in [6, 6.07) is -0.854. The van der Waals surface area contributed by atoms with Crippen molar-refractivity contribution < 1.29 is 37.3 Å². The lowest BCUT2D eigenvalue weighted by molar-refractivity contribution is -0.870. The van der Waals surface area contributed by atoms with Gasteiger partial charge in [0.25, 0.3) is 0 Å². The van der Waals surface area contributed by atoms with Crippen LogP contribution in [-0.4, -0.2) is 74.3 Å². The first-order chi connectivity index (χ1) is 43.4. The number of rotatable bonds is 70. The molecule has 3 atom stereocenters. The second kappa shape index (κ2) is 68.3. The van der Waals surface area contributed by atoms with E-state index in [1.54, 1.807) is 0 Å². The molecule has 0 aliphatic heterocycles. The molecule has 0 radical (unpaired) electrons. The van der Waals surface area contributed by atoms with Gasteiger partial charge >= 0.3 is 13.8 Å². The molecule has 2 N–H and O–H groups in total. The predicted octanol–water partition coefficient (Wildman–Crippen LogP) is 24.7. The highest BCUT2D eigenvalue weighted by Crippen LogP contribution is 2.43. The van der Waals surface area contributed by atoms with Gasteiger partial charge in [0.05, 0.1) is 33.8 Å². The molecule has 0 fully saturated rings. The van der Waals surface area contributed by atoms with Crippen LogP contribution in [0.5, 0.6) is 0 Å². The number of unbranched alkanes of at least 4 members (excludes halogenated alkanes) is 44. The number of carbonyl (C=O) groups is 2. The number of allylic oxidation sites excluding steroid dienone is 11. The molecule has 10 heteroatoms. The summed E-state index contributed by atoms with van der Waals surface area (Å²) in [5.41, 5.74) is 0. The number of hydrogen-bond donors (Lipinski definition) is 2. The van der Waals surface area contributed by atoms with Gasteiger partial charge in [0.2, 0.25) is 5.91 Å². The molecule has 9 nitrogen and oxygen atoms in total. The number of nitrogens with one attached hydrogen (secondary N) is 1. The maximum Gasteiger partial charge on any atom is 0.472 e. The minimum atomic E-state index is -4.46. The third-order valence-electron chi connectivity index (χ3n) is 17.1. The first-order valence-corrected chi connectivity index (χ1v) is 39.8. The molecule has 0 aromatic rings. The van der Waals surface area contributed by atoms with Gasteiger partial charge in [-0.15, -0.1) is 0 Å². The predicted molar refractivity (Wildman–Crippen MR) is 388 cm³/mol. The van der Waals surface area contributed by atoms with Gasteiger partial charge in [-0.25, -0.2) is 4.57 Å². The standard InChI is InChI=1S/C79H147N2O7P/c1-7-10-13-16-19-22-25-28-30-32-34-36-38-40-42-44-46-48-50-53-56-59-62-65-68-71-78(82)80-76(75-87-89(84,85)86-74-73-81(4,5)6)77(70-67-64-61-58-55-52-27-24-21-18-15-12-9-3)88-79(83)72-69-66-63-60-57-54-51-49-47-45-43-41-39-37-35-33-31-29-26-23-20-17-14-11-8-2/h20,23,28-31,35,37,41,43,67,70,76-77H,7-19,21-22,24-27,32-34,36,38-40,42,44-66,68-69,71-75H2,1-6H3,(H-,80,82,84,85)/p+1/b23-20-,30-28+,31-29-,37-35-,43-41-,70-67+. The lowest BCUT2D eigenvalue weighted by Crippen LogP contribution is -2.47. The van der Waals surface area contributed by atoms with Gasteiger partial charge in [-0.05, 0) is 102 Å². The van der Waals surface area contributed by atoms with Crippen LogP contribution in [-0.2, 0) is 27.9 Å². The number of likely N-dealkylation sites (N-methyl/N-ethyl adjacent to an activating group) is 1. The Balaban J connectivity index is 5.03. The highest BCUT2D eigenvalue weighted by atomic mass is 31.2. The third kappa shape index (κ3) is 69.6. The normalized spacial score (nSPS) is 13.8. The third-order valence-corrected chi connectivity index (χ3v) is 18.1. The molecular weight excluding hydrogens is 1120 g/mol. The highest BCUT2D eigenvalue weighted by molar-refractivity contribution is 7.47. The number of phosphoric acid groups is 1. The average molecular weight is 1270 g/mol. The van der Waals surface area contributed by atoms with Crippen LogP contribution in [0.1, 0.15) is 367 Å². The lowest BCUT2D eigenvalue weighted by atomic mass is 10.0. The minimum absolute atomic E-state index is 0.0387. The van der Waals surface area contributed by atoms with Gasteiger partial charge in [-0.2, -0.15) is 0 Å². The van der Waals surface area contributed by atoms with Crippen LogP contribution in [0.2, 0.25) is 0 Å². The summed E-state index contributed by atoms with van der Waals surface area (Å²) in [6.07, 6.45) is 90.6. The highest BCUT2D eigenvalue weighted by Gasteiger charge is 2.30. The van der Waals surface area contributed by atoms with Crippen molar-refractivity contribution in [3.8, 4) is 0 Å². The zero-order chi connectivity index (χ0) is 64.9. The van der Waals surface area contributed by atoms with Crippen molar-refractivity contribution in [1.82, 2.24) is 5.32 Å². The molecule has 0 aliphatic carbocycles. The van der Waals surface area contributed by atoms with Crippen LogP contribution in [0.3, 0.4) is 0 Å². The Morgan fingerprint density at radius 1 is 0.393 bits per heavy atom. The fourth-order valence-electron chi connectivity index (χ4n) is 11.2. The van der Waals surface area contributed by atoms with Crippen LogP contribution in [0.15, 0.2) is 72.9 Å². The second-order valence-corrected chi connectivity index (χ2v) is 28.6. The van der Waals surface area contributed by atoms with Crippen LogP contribution >= 0.6 is 7.82 Å². The van der Waals surface area contributed by atoms with Crippen molar-refractivity contribution in [3.05, 3.63) is 72.9 Å². The molecule has 0 saturated carbocycles. The number of amides is 1. The van der Waals surface area contributed by atoms with E-state index in [9.17, 15) is 19.0 Å². The van der Waals surface area contributed by atoms with E-state index in [4.69, 9.17) is 13.8 Å². The van der Waals surface area contributed by atoms with Crippen molar-refractivity contribution in [3.63, 3.8) is 0 Å². The van der Waals surface area contributed by atoms with Gasteiger partial charge in [-0.3, -0.25) is 18.6 Å². The Kier molecular flexibility index (Phi) is 66.4.